The molecule has 0 bridgehead atoms. The fourth-order valence-electron chi connectivity index (χ4n) is 3.34. The maximum Gasteiger partial charge on any atom is 0.297 e. The molecule has 7 heteroatoms. The maximum atomic E-state index is 13.5. The Bertz CT molecular complexity index is 1220. The van der Waals surface area contributed by atoms with Crippen molar-refractivity contribution in [3.05, 3.63) is 77.4 Å². The van der Waals surface area contributed by atoms with Crippen LogP contribution in [0.1, 0.15) is 21.7 Å². The summed E-state index contributed by atoms with van der Waals surface area (Å²) in [6.07, 6.45) is 0. The average molecular weight is 376 g/mol. The third-order valence-corrected chi connectivity index (χ3v) is 4.63. The largest absolute Gasteiger partial charge is 0.493 e. The molecular formula is C21H17FN4O2. The number of nitrogens with one attached hydrogen (secondary N) is 1. The van der Waals surface area contributed by atoms with Crippen molar-refractivity contribution < 1.29 is 14.3 Å². The second kappa shape index (κ2) is 6.77. The van der Waals surface area contributed by atoms with Gasteiger partial charge in [-0.1, -0.05) is 18.2 Å². The third-order valence-electron chi connectivity index (χ3n) is 4.63. The molecule has 0 radical (unpaired) electrons. The van der Waals surface area contributed by atoms with E-state index in [2.05, 4.69) is 15.2 Å². The summed E-state index contributed by atoms with van der Waals surface area (Å²) in [4.78, 5) is 15.3. The van der Waals surface area contributed by atoms with E-state index in [0.717, 1.165) is 17.1 Å². The molecule has 0 fully saturated rings. The Morgan fingerprint density at radius 2 is 1.86 bits per heavy atom. The minimum atomic E-state index is -0.541. The Hall–Kier alpha value is -3.74. The number of aryl methyl sites for hydroxylation is 1. The number of carbonyl (C=O) groups is 1. The van der Waals surface area contributed by atoms with Gasteiger partial charge >= 0.3 is 0 Å². The van der Waals surface area contributed by atoms with Crippen molar-refractivity contribution in [2.24, 2.45) is 10.2 Å². The molecule has 0 spiro atoms. The fourth-order valence-corrected chi connectivity index (χ4v) is 3.34. The van der Waals surface area contributed by atoms with Gasteiger partial charge < -0.3 is 14.7 Å². The summed E-state index contributed by atoms with van der Waals surface area (Å²) in [6.45, 7) is 3.74. The number of nitrogens with zero attached hydrogens (tertiary/aromatic N) is 3. The number of fused-ring (bicyclic) bond motifs is 1. The Balaban J connectivity index is 1.70. The Labute approximate surface area is 160 Å². The first-order chi connectivity index (χ1) is 13.5. The quantitative estimate of drug-likeness (QED) is 0.473. The lowest BCUT2D eigenvalue weighted by Gasteiger charge is -2.08. The zero-order chi connectivity index (χ0) is 19.8. The van der Waals surface area contributed by atoms with Crippen LogP contribution in [0.5, 0.6) is 5.88 Å². The van der Waals surface area contributed by atoms with Gasteiger partial charge in [-0.05, 0) is 50.2 Å². The van der Waals surface area contributed by atoms with Crippen LogP contribution in [0.15, 0.2) is 64.8 Å². The van der Waals surface area contributed by atoms with Crippen molar-refractivity contribution >= 4 is 22.5 Å². The predicted octanol–water partition coefficient (Wildman–Crippen LogP) is 5.34. The van der Waals surface area contributed by atoms with E-state index in [1.165, 1.54) is 18.2 Å². The summed E-state index contributed by atoms with van der Waals surface area (Å²) >= 11 is 0. The van der Waals surface area contributed by atoms with Crippen molar-refractivity contribution in [3.8, 4) is 11.6 Å². The number of benzene rings is 2. The number of amides is 1. The number of halogens is 1. The zero-order valence-electron chi connectivity index (χ0n) is 15.3. The van der Waals surface area contributed by atoms with Gasteiger partial charge in [0.15, 0.2) is 5.69 Å². The van der Waals surface area contributed by atoms with Gasteiger partial charge in [0.25, 0.3) is 5.91 Å². The molecule has 2 N–H and O–H groups in total. The fraction of sp³-hybridized carbons (Fsp3) is 0.0952. The van der Waals surface area contributed by atoms with E-state index in [9.17, 15) is 14.3 Å². The minimum Gasteiger partial charge on any atom is -0.493 e. The number of aromatic nitrogens is 2. The average Bonchev–Trinajstić information content (AvgIpc) is 3.15. The van der Waals surface area contributed by atoms with E-state index in [1.807, 2.05) is 48.7 Å². The van der Waals surface area contributed by atoms with Gasteiger partial charge in [0.2, 0.25) is 5.88 Å². The van der Waals surface area contributed by atoms with Crippen LogP contribution in [0.4, 0.5) is 10.1 Å². The van der Waals surface area contributed by atoms with Crippen LogP contribution in [0.25, 0.3) is 16.6 Å². The number of aromatic hydroxyl groups is 1. The summed E-state index contributed by atoms with van der Waals surface area (Å²) in [5.41, 5.74) is 3.51. The molecule has 140 valence electrons. The van der Waals surface area contributed by atoms with E-state index >= 15 is 0 Å². The molecule has 28 heavy (non-hydrogen) atoms. The molecule has 1 amide bonds. The molecule has 0 aliphatic rings. The van der Waals surface area contributed by atoms with Crippen molar-refractivity contribution in [1.29, 1.82) is 0 Å². The van der Waals surface area contributed by atoms with Gasteiger partial charge in [0.05, 0.1) is 11.1 Å². The van der Waals surface area contributed by atoms with Gasteiger partial charge in [-0.25, -0.2) is 4.39 Å². The summed E-state index contributed by atoms with van der Waals surface area (Å²) in [5, 5.41) is 18.0. The smallest absolute Gasteiger partial charge is 0.297 e. The number of aromatic amines is 1. The number of H-pyrrole nitrogens is 1. The Kier molecular flexibility index (Phi) is 4.27. The van der Waals surface area contributed by atoms with Crippen LogP contribution >= 0.6 is 0 Å². The van der Waals surface area contributed by atoms with Crippen molar-refractivity contribution in [2.45, 2.75) is 13.8 Å². The van der Waals surface area contributed by atoms with E-state index in [1.54, 1.807) is 6.07 Å². The highest BCUT2D eigenvalue weighted by Gasteiger charge is 2.17. The van der Waals surface area contributed by atoms with Crippen molar-refractivity contribution in [2.75, 3.05) is 0 Å². The molecule has 0 saturated heterocycles. The standard InChI is InChI=1S/C21H17FN4O2/c1-12-10-16(13(2)26(12)15-6-4-3-5-7-15)20(27)25-24-19-17-11-14(22)8-9-18(17)23-21(19)28/h3-11,23,28H,1-2H3. The highest BCUT2D eigenvalue weighted by Crippen LogP contribution is 2.36. The molecule has 2 heterocycles. The molecule has 4 aromatic rings. The van der Waals surface area contributed by atoms with Crippen molar-refractivity contribution in [3.63, 3.8) is 0 Å². The molecule has 0 unspecified atom stereocenters. The Morgan fingerprint density at radius 3 is 2.61 bits per heavy atom. The zero-order valence-corrected chi connectivity index (χ0v) is 15.3. The first-order valence-corrected chi connectivity index (χ1v) is 8.66. The lowest BCUT2D eigenvalue weighted by molar-refractivity contribution is 0.0994. The van der Waals surface area contributed by atoms with E-state index in [0.29, 0.717) is 16.5 Å². The third kappa shape index (κ3) is 2.96. The van der Waals surface area contributed by atoms with Crippen LogP contribution in [-0.2, 0) is 0 Å². The van der Waals surface area contributed by atoms with Crippen LogP contribution in [0.2, 0.25) is 0 Å². The lowest BCUT2D eigenvalue weighted by atomic mass is 10.2. The monoisotopic (exact) mass is 376 g/mol. The molecule has 2 aromatic heterocycles. The number of hydrogen-bond acceptors (Lipinski definition) is 3. The van der Waals surface area contributed by atoms with Crippen molar-refractivity contribution in [1.82, 2.24) is 9.55 Å². The van der Waals surface area contributed by atoms with Crippen LogP contribution in [0.3, 0.4) is 0 Å². The first-order valence-electron chi connectivity index (χ1n) is 8.66. The van der Waals surface area contributed by atoms with Gasteiger partial charge in [0, 0.05) is 22.5 Å². The molecule has 0 aliphatic carbocycles. The highest BCUT2D eigenvalue weighted by atomic mass is 19.1. The number of hydrogen-bond donors (Lipinski definition) is 2. The second-order valence-corrected chi connectivity index (χ2v) is 6.47. The van der Waals surface area contributed by atoms with Crippen LogP contribution < -0.4 is 0 Å². The second-order valence-electron chi connectivity index (χ2n) is 6.47. The topological polar surface area (TPSA) is 82.7 Å². The summed E-state index contributed by atoms with van der Waals surface area (Å²) < 4.78 is 15.5. The molecular weight excluding hydrogens is 359 g/mol. The normalized spacial score (nSPS) is 11.5. The summed E-state index contributed by atoms with van der Waals surface area (Å²) in [6, 6.07) is 15.4. The van der Waals surface area contributed by atoms with E-state index in [4.69, 9.17) is 0 Å². The summed E-state index contributed by atoms with van der Waals surface area (Å²) in [5.74, 6) is -1.28. The van der Waals surface area contributed by atoms with Crippen LogP contribution in [-0.4, -0.2) is 20.6 Å². The first kappa shape index (κ1) is 17.7. The van der Waals surface area contributed by atoms with Gasteiger partial charge in [-0.2, -0.15) is 0 Å². The van der Waals surface area contributed by atoms with E-state index < -0.39 is 11.7 Å². The molecule has 0 saturated carbocycles. The Morgan fingerprint density at radius 1 is 1.11 bits per heavy atom. The molecule has 0 aliphatic heterocycles. The lowest BCUT2D eigenvalue weighted by Crippen LogP contribution is -2.01. The predicted molar refractivity (Wildman–Crippen MR) is 104 cm³/mol. The van der Waals surface area contributed by atoms with E-state index in [-0.39, 0.29) is 11.6 Å². The number of carbonyl (C=O) groups excluding carboxylic acids is 1. The number of para-hydroxylation sites is 1. The number of azo groups is 1. The van der Waals surface area contributed by atoms with Crippen LogP contribution in [0, 0.1) is 19.7 Å². The maximum absolute atomic E-state index is 13.5. The SMILES string of the molecule is Cc1cc(C(=O)N=Nc2c(O)[nH]c3ccc(F)cc23)c(C)n1-c1ccccc1. The highest BCUT2D eigenvalue weighted by molar-refractivity contribution is 5.98. The minimum absolute atomic E-state index is 0.0275. The number of rotatable bonds is 3. The molecule has 0 atom stereocenters. The molecule has 6 nitrogen and oxygen atoms in total. The molecule has 2 aromatic carbocycles. The van der Waals surface area contributed by atoms with Gasteiger partial charge in [-0.3, -0.25) is 4.79 Å². The molecule has 4 rings (SSSR count). The van der Waals surface area contributed by atoms with Gasteiger partial charge in [0.1, 0.15) is 5.82 Å². The van der Waals surface area contributed by atoms with Gasteiger partial charge in [-0.15, -0.1) is 10.2 Å². The summed E-state index contributed by atoms with van der Waals surface area (Å²) in [7, 11) is 0.